The molecule has 1 aliphatic carbocycles. The second kappa shape index (κ2) is 12.5. The molecule has 5 rings (SSSR count). The van der Waals surface area contributed by atoms with Crippen LogP contribution in [-0.4, -0.2) is 25.2 Å². The zero-order valence-electron chi connectivity index (χ0n) is 22.9. The summed E-state index contributed by atoms with van der Waals surface area (Å²) in [6, 6.07) is 15.0. The van der Waals surface area contributed by atoms with E-state index in [0.717, 1.165) is 11.6 Å². The standard InChI is InChI=1S/C31H30ClF3N2O4S/c1-2-42(38,39)37-22-11-12-31(16-22,30-36-23(17-32)19-41-30)15-21-13-25(28(35)14-27(21)34)24-9-6-10-26(33)29(24)40-18-20-7-4-3-5-8-20/h3-10,13-14,19,22,37H,2,11-12,15-18H2,1H3/t22-,31+/m0/s1. The summed E-state index contributed by atoms with van der Waals surface area (Å²) in [5.74, 6) is -2.17. The van der Waals surface area contributed by atoms with Crippen LogP contribution in [0.5, 0.6) is 5.75 Å². The second-order valence-electron chi connectivity index (χ2n) is 10.5. The number of ether oxygens (including phenoxy) is 1. The van der Waals surface area contributed by atoms with Gasteiger partial charge in [-0.2, -0.15) is 0 Å². The van der Waals surface area contributed by atoms with Crippen molar-refractivity contribution in [3.63, 3.8) is 0 Å². The van der Waals surface area contributed by atoms with E-state index in [-0.39, 0.29) is 53.5 Å². The van der Waals surface area contributed by atoms with Crippen LogP contribution >= 0.6 is 11.6 Å². The van der Waals surface area contributed by atoms with Crippen molar-refractivity contribution in [2.45, 2.75) is 56.6 Å². The Balaban J connectivity index is 1.52. The van der Waals surface area contributed by atoms with Crippen LogP contribution in [0.2, 0.25) is 0 Å². The summed E-state index contributed by atoms with van der Waals surface area (Å²) >= 11 is 5.95. The van der Waals surface area contributed by atoms with Gasteiger partial charge in [0.1, 0.15) is 24.5 Å². The molecular weight excluding hydrogens is 589 g/mol. The molecule has 0 bridgehead atoms. The molecule has 0 amide bonds. The highest BCUT2D eigenvalue weighted by Crippen LogP contribution is 2.45. The van der Waals surface area contributed by atoms with Gasteiger partial charge in [-0.15, -0.1) is 11.6 Å². The van der Waals surface area contributed by atoms with Gasteiger partial charge >= 0.3 is 0 Å². The van der Waals surface area contributed by atoms with E-state index in [4.69, 9.17) is 20.8 Å². The molecule has 3 aromatic carbocycles. The van der Waals surface area contributed by atoms with Gasteiger partial charge in [-0.05, 0) is 55.9 Å². The first-order chi connectivity index (χ1) is 20.1. The lowest BCUT2D eigenvalue weighted by molar-refractivity contribution is 0.291. The molecule has 0 radical (unpaired) electrons. The fourth-order valence-electron chi connectivity index (χ4n) is 5.50. The number of nitrogens with one attached hydrogen (secondary N) is 1. The maximum Gasteiger partial charge on any atom is 0.211 e. The van der Waals surface area contributed by atoms with Gasteiger partial charge < -0.3 is 9.15 Å². The van der Waals surface area contributed by atoms with Crippen LogP contribution in [-0.2, 0) is 34.3 Å². The number of hydrogen-bond donors (Lipinski definition) is 1. The molecular formula is C31H30ClF3N2O4S. The number of oxazole rings is 1. The van der Waals surface area contributed by atoms with Gasteiger partial charge in [0.15, 0.2) is 11.6 Å². The topological polar surface area (TPSA) is 81.4 Å². The van der Waals surface area contributed by atoms with Crippen molar-refractivity contribution in [1.82, 2.24) is 9.71 Å². The Labute approximate surface area is 247 Å². The molecule has 1 fully saturated rings. The van der Waals surface area contributed by atoms with Crippen molar-refractivity contribution in [2.24, 2.45) is 0 Å². The van der Waals surface area contributed by atoms with Crippen LogP contribution in [0.3, 0.4) is 0 Å². The first-order valence-electron chi connectivity index (χ1n) is 13.6. The van der Waals surface area contributed by atoms with E-state index in [2.05, 4.69) is 9.71 Å². The van der Waals surface area contributed by atoms with Crippen LogP contribution in [0.15, 0.2) is 71.3 Å². The summed E-state index contributed by atoms with van der Waals surface area (Å²) in [5, 5.41) is 0. The Morgan fingerprint density at radius 2 is 1.83 bits per heavy atom. The highest BCUT2D eigenvalue weighted by atomic mass is 35.5. The molecule has 0 unspecified atom stereocenters. The number of nitrogens with zero attached hydrogens (tertiary/aromatic N) is 1. The number of alkyl halides is 1. The normalized spacial score (nSPS) is 18.8. The third-order valence-corrected chi connectivity index (χ3v) is 9.35. The molecule has 11 heteroatoms. The summed E-state index contributed by atoms with van der Waals surface area (Å²) in [6.07, 6.45) is 2.64. The molecule has 222 valence electrons. The summed E-state index contributed by atoms with van der Waals surface area (Å²) in [4.78, 5) is 4.49. The predicted molar refractivity (Wildman–Crippen MR) is 154 cm³/mol. The smallest absolute Gasteiger partial charge is 0.211 e. The molecule has 2 atom stereocenters. The number of benzene rings is 3. The predicted octanol–water partition coefficient (Wildman–Crippen LogP) is 7.05. The lowest BCUT2D eigenvalue weighted by Crippen LogP contribution is -2.36. The number of sulfonamides is 1. The number of rotatable bonds is 11. The molecule has 0 aliphatic heterocycles. The summed E-state index contributed by atoms with van der Waals surface area (Å²) in [5.41, 5.74) is 0.651. The average molecular weight is 619 g/mol. The van der Waals surface area contributed by atoms with Crippen molar-refractivity contribution >= 4 is 21.6 Å². The van der Waals surface area contributed by atoms with E-state index < -0.39 is 38.9 Å². The highest BCUT2D eigenvalue weighted by Gasteiger charge is 2.46. The van der Waals surface area contributed by atoms with Crippen molar-refractivity contribution in [2.75, 3.05) is 5.75 Å². The van der Waals surface area contributed by atoms with Gasteiger partial charge in [-0.3, -0.25) is 0 Å². The van der Waals surface area contributed by atoms with Gasteiger partial charge in [0.2, 0.25) is 15.9 Å². The van der Waals surface area contributed by atoms with Crippen LogP contribution in [0.4, 0.5) is 13.2 Å². The number of aromatic nitrogens is 1. The Morgan fingerprint density at radius 1 is 1.05 bits per heavy atom. The molecule has 1 heterocycles. The molecule has 1 N–H and O–H groups in total. The number of halogens is 4. The zero-order valence-corrected chi connectivity index (χ0v) is 24.5. The van der Waals surface area contributed by atoms with Crippen molar-refractivity contribution in [3.05, 3.63) is 107 Å². The maximum absolute atomic E-state index is 15.4. The molecule has 42 heavy (non-hydrogen) atoms. The van der Waals surface area contributed by atoms with Crippen molar-refractivity contribution < 1.29 is 30.7 Å². The van der Waals surface area contributed by atoms with Gasteiger partial charge in [-0.25, -0.2) is 31.3 Å². The Hall–Kier alpha value is -3.34. The van der Waals surface area contributed by atoms with Crippen molar-refractivity contribution in [3.8, 4) is 16.9 Å². The monoisotopic (exact) mass is 618 g/mol. The minimum Gasteiger partial charge on any atom is -0.485 e. The van der Waals surface area contributed by atoms with E-state index in [1.807, 2.05) is 30.3 Å². The lowest BCUT2D eigenvalue weighted by atomic mass is 9.79. The van der Waals surface area contributed by atoms with E-state index in [9.17, 15) is 12.8 Å². The van der Waals surface area contributed by atoms with Crippen molar-refractivity contribution in [1.29, 1.82) is 0 Å². The molecule has 0 spiro atoms. The van der Waals surface area contributed by atoms with Gasteiger partial charge in [0.05, 0.1) is 22.7 Å². The molecule has 0 saturated heterocycles. The maximum atomic E-state index is 15.4. The molecule has 1 saturated carbocycles. The summed E-state index contributed by atoms with van der Waals surface area (Å²) in [6.45, 7) is 1.60. The Morgan fingerprint density at radius 3 is 2.55 bits per heavy atom. The highest BCUT2D eigenvalue weighted by molar-refractivity contribution is 7.89. The summed E-state index contributed by atoms with van der Waals surface area (Å²) < 4.78 is 84.6. The van der Waals surface area contributed by atoms with Gasteiger partial charge in [0, 0.05) is 23.2 Å². The first kappa shape index (κ1) is 30.1. The van der Waals surface area contributed by atoms with Gasteiger partial charge in [0.25, 0.3) is 0 Å². The third kappa shape index (κ3) is 6.50. The molecule has 6 nitrogen and oxygen atoms in total. The van der Waals surface area contributed by atoms with Crippen LogP contribution < -0.4 is 9.46 Å². The van der Waals surface area contributed by atoms with Crippen LogP contribution in [0.1, 0.15) is 48.9 Å². The average Bonchev–Trinajstić information content (AvgIpc) is 3.62. The summed E-state index contributed by atoms with van der Waals surface area (Å²) in [7, 11) is -3.49. The number of hydrogen-bond acceptors (Lipinski definition) is 5. The molecule has 1 aliphatic rings. The SMILES string of the molecule is CCS(=O)(=O)N[C@H]1CC[C@](Cc2cc(-c3cccc(F)c3OCc3ccccc3)c(F)cc2F)(c2nc(CCl)co2)C1. The van der Waals surface area contributed by atoms with E-state index in [1.165, 1.54) is 30.5 Å². The van der Waals surface area contributed by atoms with Crippen LogP contribution in [0.25, 0.3) is 11.1 Å². The van der Waals surface area contributed by atoms with E-state index in [1.54, 1.807) is 6.92 Å². The van der Waals surface area contributed by atoms with Crippen LogP contribution in [0, 0.1) is 17.5 Å². The zero-order chi connectivity index (χ0) is 29.9. The van der Waals surface area contributed by atoms with E-state index >= 15 is 8.78 Å². The first-order valence-corrected chi connectivity index (χ1v) is 15.8. The fraction of sp³-hybridized carbons (Fsp3) is 0.323. The number of para-hydroxylation sites is 1. The quantitative estimate of drug-likeness (QED) is 0.182. The third-order valence-electron chi connectivity index (χ3n) is 7.63. The molecule has 4 aromatic rings. The Kier molecular flexibility index (Phi) is 8.96. The second-order valence-corrected chi connectivity index (χ2v) is 12.8. The lowest BCUT2D eigenvalue weighted by Gasteiger charge is -2.27. The Bertz CT molecular complexity index is 1670. The van der Waals surface area contributed by atoms with E-state index in [0.29, 0.717) is 24.4 Å². The minimum absolute atomic E-state index is 0.0285. The van der Waals surface area contributed by atoms with Gasteiger partial charge in [-0.1, -0.05) is 42.5 Å². The minimum atomic E-state index is -3.49. The largest absolute Gasteiger partial charge is 0.485 e. The fourth-order valence-corrected chi connectivity index (χ4v) is 6.50. The molecule has 1 aromatic heterocycles.